The number of thiophene rings is 1. The molecule has 2 aliphatic heterocycles. The van der Waals surface area contributed by atoms with Crippen LogP contribution < -0.4 is 5.32 Å². The molecule has 0 saturated carbocycles. The third-order valence-electron chi connectivity index (χ3n) is 5.35. The molecule has 4 rings (SSSR count). The summed E-state index contributed by atoms with van der Waals surface area (Å²) < 4.78 is 1.96. The second kappa shape index (κ2) is 8.00. The largest absolute Gasteiger partial charge is 0.314 e. The molecule has 1 N–H and O–H groups in total. The summed E-state index contributed by atoms with van der Waals surface area (Å²) in [6.45, 7) is 4.71. The van der Waals surface area contributed by atoms with Crippen LogP contribution in [0.15, 0.2) is 23.7 Å². The summed E-state index contributed by atoms with van der Waals surface area (Å²) in [5, 5.41) is 10.5. The van der Waals surface area contributed by atoms with Crippen LogP contribution in [0.5, 0.6) is 0 Å². The number of nitrogens with one attached hydrogen (secondary N) is 1. The predicted molar refractivity (Wildman–Crippen MR) is 103 cm³/mol. The molecule has 0 radical (unpaired) electrons. The van der Waals surface area contributed by atoms with Crippen molar-refractivity contribution < 1.29 is 0 Å². The highest BCUT2D eigenvalue weighted by Gasteiger charge is 2.28. The lowest BCUT2D eigenvalue weighted by Gasteiger charge is -2.34. The van der Waals surface area contributed by atoms with Crippen molar-refractivity contribution in [2.75, 3.05) is 19.6 Å². The van der Waals surface area contributed by atoms with Crippen molar-refractivity contribution in [1.29, 1.82) is 0 Å². The Morgan fingerprint density at radius 2 is 2.12 bits per heavy atom. The zero-order valence-electron chi connectivity index (χ0n) is 14.3. The molecule has 1 atom stereocenters. The first-order valence-corrected chi connectivity index (χ1v) is 9.70. The van der Waals surface area contributed by atoms with Crippen molar-refractivity contribution in [1.82, 2.24) is 20.0 Å². The molecule has 0 bridgehead atoms. The number of hydrogen-bond acceptors (Lipinski definition) is 4. The standard InChI is InChI=1S/C18H26N4S.ClH/c1-21-12-15(18(20-21)17-5-3-11-23-17)13-22-9-6-14(7-10-22)16-4-2-8-19-16;/h3,5,11-12,14,16,19H,2,4,6-10,13H2,1H3;1H. The average molecular weight is 367 g/mol. The monoisotopic (exact) mass is 366 g/mol. The van der Waals surface area contributed by atoms with Gasteiger partial charge in [-0.25, -0.2) is 0 Å². The van der Waals surface area contributed by atoms with Gasteiger partial charge in [0.05, 0.1) is 4.88 Å². The number of aryl methyl sites for hydroxylation is 1. The number of rotatable bonds is 4. The van der Waals surface area contributed by atoms with Crippen molar-refractivity contribution in [3.63, 3.8) is 0 Å². The number of piperidine rings is 1. The summed E-state index contributed by atoms with van der Waals surface area (Å²) >= 11 is 1.78. The molecule has 2 saturated heterocycles. The van der Waals surface area contributed by atoms with Crippen LogP contribution in [-0.2, 0) is 13.6 Å². The van der Waals surface area contributed by atoms with Gasteiger partial charge in [0.25, 0.3) is 0 Å². The van der Waals surface area contributed by atoms with Gasteiger partial charge in [0.2, 0.25) is 0 Å². The van der Waals surface area contributed by atoms with E-state index in [4.69, 9.17) is 0 Å². The summed E-state index contributed by atoms with van der Waals surface area (Å²) in [7, 11) is 2.03. The number of aromatic nitrogens is 2. The van der Waals surface area contributed by atoms with Crippen LogP contribution >= 0.6 is 23.7 Å². The molecule has 2 aromatic rings. The highest BCUT2D eigenvalue weighted by atomic mass is 35.5. The van der Waals surface area contributed by atoms with Crippen LogP contribution in [-0.4, -0.2) is 40.4 Å². The van der Waals surface area contributed by atoms with Crippen molar-refractivity contribution in [2.24, 2.45) is 13.0 Å². The minimum Gasteiger partial charge on any atom is -0.314 e. The first-order chi connectivity index (χ1) is 11.3. The molecule has 0 amide bonds. The Labute approximate surface area is 154 Å². The quantitative estimate of drug-likeness (QED) is 0.898. The number of likely N-dealkylation sites (tertiary alicyclic amines) is 1. The molecule has 6 heteroatoms. The minimum atomic E-state index is 0. The van der Waals surface area contributed by atoms with Gasteiger partial charge in [-0.1, -0.05) is 6.07 Å². The van der Waals surface area contributed by atoms with Crippen molar-refractivity contribution in [3.8, 4) is 10.6 Å². The fourth-order valence-electron chi connectivity index (χ4n) is 4.14. The van der Waals surface area contributed by atoms with Gasteiger partial charge in [0.15, 0.2) is 0 Å². The molecule has 132 valence electrons. The zero-order valence-corrected chi connectivity index (χ0v) is 15.9. The van der Waals surface area contributed by atoms with Crippen LogP contribution in [0.25, 0.3) is 10.6 Å². The zero-order chi connectivity index (χ0) is 15.6. The Bertz CT molecular complexity index is 625. The lowest BCUT2D eigenvalue weighted by Crippen LogP contribution is -2.40. The van der Waals surface area contributed by atoms with E-state index in [1.54, 1.807) is 11.3 Å². The molecular formula is C18H27ClN4S. The third kappa shape index (κ3) is 3.85. The molecule has 4 nitrogen and oxygen atoms in total. The smallest absolute Gasteiger partial charge is 0.107 e. The van der Waals surface area contributed by atoms with Gasteiger partial charge in [-0.3, -0.25) is 9.58 Å². The molecule has 2 aliphatic rings. The maximum atomic E-state index is 4.69. The SMILES string of the molecule is Cl.Cn1cc(CN2CCC(C3CCCN3)CC2)c(-c2cccs2)n1. The van der Waals surface area contributed by atoms with E-state index in [9.17, 15) is 0 Å². The van der Waals surface area contributed by atoms with Gasteiger partial charge in [0.1, 0.15) is 5.69 Å². The molecule has 2 fully saturated rings. The van der Waals surface area contributed by atoms with E-state index in [1.807, 2.05) is 11.7 Å². The van der Waals surface area contributed by atoms with E-state index in [-0.39, 0.29) is 12.4 Å². The molecule has 0 aromatic carbocycles. The van der Waals surface area contributed by atoms with Gasteiger partial charge in [0, 0.05) is 31.4 Å². The first-order valence-electron chi connectivity index (χ1n) is 8.82. The lowest BCUT2D eigenvalue weighted by atomic mass is 9.88. The molecule has 0 aliphatic carbocycles. The Morgan fingerprint density at radius 3 is 2.79 bits per heavy atom. The predicted octanol–water partition coefficient (Wildman–Crippen LogP) is 3.53. The summed E-state index contributed by atoms with van der Waals surface area (Å²) in [6, 6.07) is 5.07. The van der Waals surface area contributed by atoms with E-state index >= 15 is 0 Å². The third-order valence-corrected chi connectivity index (χ3v) is 6.23. The summed E-state index contributed by atoms with van der Waals surface area (Å²) in [5.41, 5.74) is 2.54. The van der Waals surface area contributed by atoms with Gasteiger partial charge in [-0.2, -0.15) is 5.10 Å². The van der Waals surface area contributed by atoms with Crippen LogP contribution in [0.3, 0.4) is 0 Å². The topological polar surface area (TPSA) is 33.1 Å². The maximum Gasteiger partial charge on any atom is 0.107 e. The fraction of sp³-hybridized carbons (Fsp3) is 0.611. The summed E-state index contributed by atoms with van der Waals surface area (Å²) in [5.74, 6) is 0.888. The van der Waals surface area contributed by atoms with Gasteiger partial charge < -0.3 is 5.32 Å². The highest BCUT2D eigenvalue weighted by molar-refractivity contribution is 7.13. The van der Waals surface area contributed by atoms with E-state index in [2.05, 4.69) is 39.0 Å². The van der Waals surface area contributed by atoms with Crippen LogP contribution in [0, 0.1) is 5.92 Å². The summed E-state index contributed by atoms with van der Waals surface area (Å²) in [4.78, 5) is 3.89. The Hall–Kier alpha value is -0.880. The Balaban J connectivity index is 0.00000169. The second-order valence-corrected chi connectivity index (χ2v) is 7.92. The van der Waals surface area contributed by atoms with E-state index in [0.29, 0.717) is 0 Å². The average Bonchev–Trinajstić information content (AvgIpc) is 3.29. The van der Waals surface area contributed by atoms with Crippen LogP contribution in [0.2, 0.25) is 0 Å². The highest BCUT2D eigenvalue weighted by Crippen LogP contribution is 2.30. The lowest BCUT2D eigenvalue weighted by molar-refractivity contribution is 0.157. The second-order valence-electron chi connectivity index (χ2n) is 6.97. The molecule has 0 spiro atoms. The van der Waals surface area contributed by atoms with Gasteiger partial charge in [-0.05, 0) is 62.7 Å². The maximum absolute atomic E-state index is 4.69. The van der Waals surface area contributed by atoms with Crippen LogP contribution in [0.1, 0.15) is 31.2 Å². The molecule has 4 heterocycles. The number of nitrogens with zero attached hydrogens (tertiary/aromatic N) is 3. The summed E-state index contributed by atoms with van der Waals surface area (Å²) in [6.07, 6.45) is 7.62. The van der Waals surface area contributed by atoms with Crippen LogP contribution in [0.4, 0.5) is 0 Å². The van der Waals surface area contributed by atoms with E-state index < -0.39 is 0 Å². The molecule has 2 aromatic heterocycles. The van der Waals surface area contributed by atoms with Gasteiger partial charge in [-0.15, -0.1) is 23.7 Å². The minimum absolute atomic E-state index is 0. The normalized spacial score (nSPS) is 22.6. The molecule has 1 unspecified atom stereocenters. The van der Waals surface area contributed by atoms with Crippen molar-refractivity contribution in [2.45, 2.75) is 38.3 Å². The van der Waals surface area contributed by atoms with Crippen molar-refractivity contribution in [3.05, 3.63) is 29.3 Å². The molecule has 24 heavy (non-hydrogen) atoms. The fourth-order valence-corrected chi connectivity index (χ4v) is 4.89. The first kappa shape index (κ1) is 17.9. The Morgan fingerprint density at radius 1 is 1.29 bits per heavy atom. The molecular weight excluding hydrogens is 340 g/mol. The van der Waals surface area contributed by atoms with Gasteiger partial charge >= 0.3 is 0 Å². The van der Waals surface area contributed by atoms with Crippen molar-refractivity contribution >= 4 is 23.7 Å². The van der Waals surface area contributed by atoms with E-state index in [0.717, 1.165) is 18.5 Å². The Kier molecular flexibility index (Phi) is 5.98. The van der Waals surface area contributed by atoms with E-state index in [1.165, 1.54) is 61.5 Å². The number of halogens is 1. The number of hydrogen-bond donors (Lipinski definition) is 1.